The van der Waals surface area contributed by atoms with Crippen LogP contribution < -0.4 is 5.32 Å². The Morgan fingerprint density at radius 2 is 2.24 bits per heavy atom. The molecule has 2 rings (SSSR count). The molecule has 0 aliphatic rings. The van der Waals surface area contributed by atoms with Crippen molar-refractivity contribution in [3.63, 3.8) is 0 Å². The summed E-state index contributed by atoms with van der Waals surface area (Å²) in [6.45, 7) is 0.530. The van der Waals surface area contributed by atoms with Crippen molar-refractivity contribution in [1.29, 1.82) is 0 Å². The first kappa shape index (κ1) is 11.8. The third-order valence-electron chi connectivity index (χ3n) is 2.02. The SMILES string of the molecule is O=[N+]([O-])c1ccc(CNc2ccc(Cl)nc2)s1. The molecule has 0 spiro atoms. The molecule has 2 aromatic heterocycles. The number of hydrogen-bond donors (Lipinski definition) is 1. The smallest absolute Gasteiger partial charge is 0.324 e. The van der Waals surface area contributed by atoms with E-state index in [0.29, 0.717) is 11.7 Å². The average molecular weight is 270 g/mol. The highest BCUT2D eigenvalue weighted by atomic mass is 35.5. The van der Waals surface area contributed by atoms with Crippen LogP contribution in [0.1, 0.15) is 4.88 Å². The molecule has 0 saturated carbocycles. The van der Waals surface area contributed by atoms with Gasteiger partial charge in [0.15, 0.2) is 0 Å². The molecule has 0 aliphatic carbocycles. The van der Waals surface area contributed by atoms with Crippen molar-refractivity contribution in [2.75, 3.05) is 5.32 Å². The topological polar surface area (TPSA) is 68.1 Å². The lowest BCUT2D eigenvalue weighted by atomic mass is 10.4. The van der Waals surface area contributed by atoms with E-state index in [1.165, 1.54) is 6.07 Å². The number of anilines is 1. The van der Waals surface area contributed by atoms with Crippen molar-refractivity contribution in [3.05, 3.63) is 50.6 Å². The minimum absolute atomic E-state index is 0.149. The van der Waals surface area contributed by atoms with Crippen molar-refractivity contribution >= 4 is 33.6 Å². The summed E-state index contributed by atoms with van der Waals surface area (Å²) in [6.07, 6.45) is 1.62. The van der Waals surface area contributed by atoms with Crippen LogP contribution >= 0.6 is 22.9 Å². The number of thiophene rings is 1. The highest BCUT2D eigenvalue weighted by molar-refractivity contribution is 7.15. The molecule has 0 saturated heterocycles. The molecule has 88 valence electrons. The Kier molecular flexibility index (Phi) is 3.55. The zero-order valence-electron chi connectivity index (χ0n) is 8.59. The molecular weight excluding hydrogens is 262 g/mol. The van der Waals surface area contributed by atoms with Gasteiger partial charge in [-0.1, -0.05) is 22.9 Å². The fourth-order valence-corrected chi connectivity index (χ4v) is 2.10. The van der Waals surface area contributed by atoms with Crippen molar-refractivity contribution in [1.82, 2.24) is 4.98 Å². The number of aromatic nitrogens is 1. The molecule has 0 radical (unpaired) electrons. The summed E-state index contributed by atoms with van der Waals surface area (Å²) < 4.78 is 0. The Labute approximate surface area is 106 Å². The van der Waals surface area contributed by atoms with Gasteiger partial charge >= 0.3 is 5.00 Å². The Hall–Kier alpha value is -1.66. The molecular formula is C10H8ClN3O2S. The average Bonchev–Trinajstić information content (AvgIpc) is 2.77. The summed E-state index contributed by atoms with van der Waals surface area (Å²) in [5.74, 6) is 0. The molecule has 2 aromatic rings. The van der Waals surface area contributed by atoms with E-state index in [1.54, 1.807) is 24.4 Å². The van der Waals surface area contributed by atoms with Gasteiger partial charge in [0.05, 0.1) is 16.8 Å². The van der Waals surface area contributed by atoms with Gasteiger partial charge in [-0.3, -0.25) is 10.1 Å². The summed E-state index contributed by atoms with van der Waals surface area (Å²) in [7, 11) is 0. The van der Waals surface area contributed by atoms with Crippen molar-refractivity contribution in [2.45, 2.75) is 6.54 Å². The highest BCUT2D eigenvalue weighted by Gasteiger charge is 2.09. The van der Waals surface area contributed by atoms with Gasteiger partial charge in [-0.25, -0.2) is 4.98 Å². The van der Waals surface area contributed by atoms with Crippen molar-refractivity contribution in [2.24, 2.45) is 0 Å². The fraction of sp³-hybridized carbons (Fsp3) is 0.100. The second-order valence-electron chi connectivity index (χ2n) is 3.22. The molecule has 0 amide bonds. The van der Waals surface area contributed by atoms with Gasteiger partial charge in [0.25, 0.3) is 0 Å². The zero-order chi connectivity index (χ0) is 12.3. The molecule has 0 fully saturated rings. The van der Waals surface area contributed by atoms with Crippen LogP contribution in [0.25, 0.3) is 0 Å². The lowest BCUT2D eigenvalue weighted by Crippen LogP contribution is -1.97. The molecule has 0 unspecified atom stereocenters. The Morgan fingerprint density at radius 3 is 2.82 bits per heavy atom. The zero-order valence-corrected chi connectivity index (χ0v) is 10.2. The number of nitrogens with one attached hydrogen (secondary N) is 1. The maximum Gasteiger partial charge on any atom is 0.324 e. The van der Waals surface area contributed by atoms with Gasteiger partial charge in [0.2, 0.25) is 0 Å². The second kappa shape index (κ2) is 5.11. The van der Waals surface area contributed by atoms with Crippen LogP contribution in [0.2, 0.25) is 5.15 Å². The first-order valence-corrected chi connectivity index (χ1v) is 5.93. The molecule has 1 N–H and O–H groups in total. The summed E-state index contributed by atoms with van der Waals surface area (Å²) in [5, 5.41) is 14.2. The quantitative estimate of drug-likeness (QED) is 0.525. The van der Waals surface area contributed by atoms with Crippen molar-refractivity contribution in [3.8, 4) is 0 Å². The summed E-state index contributed by atoms with van der Waals surface area (Å²) in [4.78, 5) is 14.9. The molecule has 0 atom stereocenters. The molecule has 7 heteroatoms. The highest BCUT2D eigenvalue weighted by Crippen LogP contribution is 2.24. The molecule has 0 bridgehead atoms. The predicted molar refractivity (Wildman–Crippen MR) is 67.5 cm³/mol. The van der Waals surface area contributed by atoms with Gasteiger partial charge in [-0.05, 0) is 18.2 Å². The largest absolute Gasteiger partial charge is 0.379 e. The van der Waals surface area contributed by atoms with Crippen molar-refractivity contribution < 1.29 is 4.92 Å². The van der Waals surface area contributed by atoms with Gasteiger partial charge in [-0.2, -0.15) is 0 Å². The Balaban J connectivity index is 1.97. The standard InChI is InChI=1S/C10H8ClN3O2S/c11-9-3-1-7(5-13-9)12-6-8-2-4-10(17-8)14(15)16/h1-5,12H,6H2. The minimum Gasteiger partial charge on any atom is -0.379 e. The summed E-state index contributed by atoms with van der Waals surface area (Å²) in [6, 6.07) is 6.72. The Morgan fingerprint density at radius 1 is 1.41 bits per heavy atom. The van der Waals surface area contributed by atoms with Gasteiger partial charge in [0.1, 0.15) is 5.15 Å². The summed E-state index contributed by atoms with van der Waals surface area (Å²) in [5.41, 5.74) is 0.824. The van der Waals surface area contributed by atoms with Crippen LogP contribution in [-0.4, -0.2) is 9.91 Å². The van der Waals surface area contributed by atoms with Crippen LogP contribution in [0, 0.1) is 10.1 Å². The normalized spacial score (nSPS) is 10.2. The number of nitrogens with zero attached hydrogens (tertiary/aromatic N) is 2. The van der Waals surface area contributed by atoms with Crippen LogP contribution in [0.3, 0.4) is 0 Å². The molecule has 2 heterocycles. The number of rotatable bonds is 4. The number of halogens is 1. The predicted octanol–water partition coefficient (Wildman–Crippen LogP) is 3.32. The van der Waals surface area contributed by atoms with E-state index in [1.807, 2.05) is 0 Å². The number of nitro groups is 1. The third kappa shape index (κ3) is 3.15. The van der Waals surface area contributed by atoms with E-state index in [-0.39, 0.29) is 5.00 Å². The van der Waals surface area contributed by atoms with Gasteiger partial charge in [0, 0.05) is 17.5 Å². The van der Waals surface area contributed by atoms with E-state index in [9.17, 15) is 10.1 Å². The van der Waals surface area contributed by atoms with Crippen LogP contribution in [-0.2, 0) is 6.54 Å². The van der Waals surface area contributed by atoms with Crippen LogP contribution in [0.4, 0.5) is 10.7 Å². The molecule has 5 nitrogen and oxygen atoms in total. The van der Waals surface area contributed by atoms with Crippen LogP contribution in [0.15, 0.2) is 30.5 Å². The molecule has 0 aromatic carbocycles. The van der Waals surface area contributed by atoms with E-state index in [4.69, 9.17) is 11.6 Å². The molecule has 17 heavy (non-hydrogen) atoms. The van der Waals surface area contributed by atoms with E-state index in [2.05, 4.69) is 10.3 Å². The lowest BCUT2D eigenvalue weighted by Gasteiger charge is -2.03. The van der Waals surface area contributed by atoms with E-state index in [0.717, 1.165) is 21.9 Å². The third-order valence-corrected chi connectivity index (χ3v) is 3.28. The van der Waals surface area contributed by atoms with Gasteiger partial charge < -0.3 is 5.32 Å². The van der Waals surface area contributed by atoms with Gasteiger partial charge in [-0.15, -0.1) is 0 Å². The number of hydrogen-bond acceptors (Lipinski definition) is 5. The minimum atomic E-state index is -0.391. The first-order valence-electron chi connectivity index (χ1n) is 4.73. The first-order chi connectivity index (χ1) is 8.15. The monoisotopic (exact) mass is 269 g/mol. The second-order valence-corrected chi connectivity index (χ2v) is 4.75. The Bertz CT molecular complexity index is 527. The van der Waals surface area contributed by atoms with E-state index >= 15 is 0 Å². The molecule has 0 aliphatic heterocycles. The van der Waals surface area contributed by atoms with Crippen LogP contribution in [0.5, 0.6) is 0 Å². The fourth-order valence-electron chi connectivity index (χ4n) is 1.23. The lowest BCUT2D eigenvalue weighted by molar-refractivity contribution is -0.380. The van der Waals surface area contributed by atoms with E-state index < -0.39 is 4.92 Å². The maximum absolute atomic E-state index is 10.5. The maximum atomic E-state index is 10.5. The summed E-state index contributed by atoms with van der Waals surface area (Å²) >= 11 is 6.81. The number of pyridine rings is 1.